The number of carbonyl (C=O) groups excluding carboxylic acids is 1. The van der Waals surface area contributed by atoms with Crippen LogP contribution < -0.4 is 0 Å². The van der Waals surface area contributed by atoms with Gasteiger partial charge in [-0.3, -0.25) is 9.69 Å². The van der Waals surface area contributed by atoms with Crippen molar-refractivity contribution in [1.82, 2.24) is 4.90 Å². The first-order chi connectivity index (χ1) is 12.9. The van der Waals surface area contributed by atoms with Gasteiger partial charge in [0.25, 0.3) is 5.91 Å². The molecule has 0 atom stereocenters. The number of hydrogen-bond donors (Lipinski definition) is 1. The lowest BCUT2D eigenvalue weighted by molar-refractivity contribution is -0.121. The molecule has 134 valence electrons. The summed E-state index contributed by atoms with van der Waals surface area (Å²) in [7, 11) is 1.63. The molecule has 1 fully saturated rings. The van der Waals surface area contributed by atoms with Gasteiger partial charge in [0.05, 0.1) is 27.8 Å². The lowest BCUT2D eigenvalue weighted by Crippen LogP contribution is -2.23. The van der Waals surface area contributed by atoms with Crippen LogP contribution in [0.2, 0.25) is 0 Å². The summed E-state index contributed by atoms with van der Waals surface area (Å²) in [6.45, 7) is 1.69. The summed E-state index contributed by atoms with van der Waals surface area (Å²) in [6.07, 6.45) is 1.74. The van der Waals surface area contributed by atoms with Gasteiger partial charge in [0.2, 0.25) is 0 Å². The van der Waals surface area contributed by atoms with Gasteiger partial charge in [0, 0.05) is 7.05 Å². The fraction of sp³-hybridized carbons (Fsp3) is 0.100. The Bertz CT molecular complexity index is 1030. The third-order valence-electron chi connectivity index (χ3n) is 4.09. The van der Waals surface area contributed by atoms with E-state index in [4.69, 9.17) is 5.26 Å². The SMILES string of the molecule is Cc1c(N=C2S/C(=C\c3ccc(C#N)cc3)C(=O)N2C)cccc1C(=O)O. The highest BCUT2D eigenvalue weighted by molar-refractivity contribution is 8.18. The molecule has 0 bridgehead atoms. The van der Waals surface area contributed by atoms with Crippen LogP contribution in [0.15, 0.2) is 52.4 Å². The second kappa shape index (κ2) is 7.48. The number of hydrogen-bond acceptors (Lipinski definition) is 5. The quantitative estimate of drug-likeness (QED) is 0.821. The molecule has 0 saturated carbocycles. The number of likely N-dealkylation sites (N-methyl/N-ethyl adjacent to an activating group) is 1. The highest BCUT2D eigenvalue weighted by Crippen LogP contribution is 2.34. The Labute approximate surface area is 160 Å². The fourth-order valence-corrected chi connectivity index (χ4v) is 3.52. The summed E-state index contributed by atoms with van der Waals surface area (Å²) in [4.78, 5) is 30.2. The summed E-state index contributed by atoms with van der Waals surface area (Å²) in [5, 5.41) is 18.6. The van der Waals surface area contributed by atoms with Gasteiger partial charge < -0.3 is 5.11 Å². The molecular weight excluding hydrogens is 362 g/mol. The minimum atomic E-state index is -1.01. The number of carboxylic acid groups (broad SMARTS) is 1. The Kier molecular flexibility index (Phi) is 5.10. The lowest BCUT2D eigenvalue weighted by Gasteiger charge is -2.09. The van der Waals surface area contributed by atoms with E-state index in [0.29, 0.717) is 26.9 Å². The summed E-state index contributed by atoms with van der Waals surface area (Å²) in [5.41, 5.74) is 2.60. The number of thioether (sulfide) groups is 1. The number of carbonyl (C=O) groups is 2. The van der Waals surface area contributed by atoms with Crippen LogP contribution in [0.1, 0.15) is 27.0 Å². The monoisotopic (exact) mass is 377 g/mol. The predicted octanol–water partition coefficient (Wildman–Crippen LogP) is 3.80. The van der Waals surface area contributed by atoms with Gasteiger partial charge in [0.1, 0.15) is 0 Å². The molecule has 1 N–H and O–H groups in total. The minimum absolute atomic E-state index is 0.183. The Morgan fingerprint density at radius 3 is 2.59 bits per heavy atom. The van der Waals surface area contributed by atoms with E-state index in [2.05, 4.69) is 11.1 Å². The van der Waals surface area contributed by atoms with Gasteiger partial charge in [-0.05, 0) is 60.2 Å². The van der Waals surface area contributed by atoms with Crippen molar-refractivity contribution in [2.45, 2.75) is 6.92 Å². The molecule has 0 aliphatic carbocycles. The van der Waals surface area contributed by atoms with Crippen molar-refractivity contribution in [1.29, 1.82) is 5.26 Å². The maximum atomic E-state index is 12.5. The topological polar surface area (TPSA) is 93.8 Å². The van der Waals surface area contributed by atoms with Gasteiger partial charge in [-0.15, -0.1) is 0 Å². The van der Waals surface area contributed by atoms with E-state index in [9.17, 15) is 14.7 Å². The summed E-state index contributed by atoms with van der Waals surface area (Å²) >= 11 is 1.22. The Morgan fingerprint density at radius 2 is 1.96 bits per heavy atom. The highest BCUT2D eigenvalue weighted by atomic mass is 32.2. The Hall–Kier alpha value is -3.37. The van der Waals surface area contributed by atoms with Crippen molar-refractivity contribution in [2.24, 2.45) is 4.99 Å². The summed E-state index contributed by atoms with van der Waals surface area (Å²) < 4.78 is 0. The first-order valence-electron chi connectivity index (χ1n) is 8.00. The predicted molar refractivity (Wildman–Crippen MR) is 105 cm³/mol. The van der Waals surface area contributed by atoms with Gasteiger partial charge >= 0.3 is 5.97 Å². The number of rotatable bonds is 3. The number of aromatic carboxylic acids is 1. The van der Waals surface area contributed by atoms with Gasteiger partial charge in [-0.1, -0.05) is 18.2 Å². The molecule has 0 aromatic heterocycles. The van der Waals surface area contributed by atoms with Crippen LogP contribution in [0.4, 0.5) is 5.69 Å². The smallest absolute Gasteiger partial charge is 0.336 e. The Morgan fingerprint density at radius 1 is 1.26 bits per heavy atom. The molecule has 1 aliphatic rings. The average Bonchev–Trinajstić information content (AvgIpc) is 2.91. The third kappa shape index (κ3) is 3.76. The highest BCUT2D eigenvalue weighted by Gasteiger charge is 2.30. The summed E-state index contributed by atoms with van der Waals surface area (Å²) in [5.74, 6) is -1.20. The fourth-order valence-electron chi connectivity index (χ4n) is 2.54. The van der Waals surface area contributed by atoms with Gasteiger partial charge in [-0.25, -0.2) is 9.79 Å². The minimum Gasteiger partial charge on any atom is -0.478 e. The van der Waals surface area contributed by atoms with E-state index in [1.807, 2.05) is 0 Å². The number of aliphatic imine (C=N–C) groups is 1. The second-order valence-corrected chi connectivity index (χ2v) is 6.87. The van der Waals surface area contributed by atoms with E-state index in [1.165, 1.54) is 22.7 Å². The molecule has 6 nitrogen and oxygen atoms in total. The van der Waals surface area contributed by atoms with Crippen LogP contribution in [-0.2, 0) is 4.79 Å². The first kappa shape index (κ1) is 18.4. The maximum absolute atomic E-state index is 12.5. The number of nitriles is 1. The van der Waals surface area contributed by atoms with Crippen LogP contribution in [0, 0.1) is 18.3 Å². The van der Waals surface area contributed by atoms with Crippen molar-refractivity contribution in [3.8, 4) is 6.07 Å². The van der Waals surface area contributed by atoms with Gasteiger partial charge in [-0.2, -0.15) is 5.26 Å². The van der Waals surface area contributed by atoms with E-state index in [1.54, 1.807) is 56.4 Å². The molecule has 1 amide bonds. The van der Waals surface area contributed by atoms with Crippen molar-refractivity contribution >= 4 is 40.6 Å². The number of carboxylic acids is 1. The van der Waals surface area contributed by atoms with Crippen LogP contribution >= 0.6 is 11.8 Å². The van der Waals surface area contributed by atoms with Crippen molar-refractivity contribution < 1.29 is 14.7 Å². The zero-order chi connectivity index (χ0) is 19.6. The van der Waals surface area contributed by atoms with Crippen LogP contribution in [0.5, 0.6) is 0 Å². The van der Waals surface area contributed by atoms with E-state index in [-0.39, 0.29) is 11.5 Å². The van der Waals surface area contributed by atoms with Crippen LogP contribution in [0.3, 0.4) is 0 Å². The van der Waals surface area contributed by atoms with Crippen molar-refractivity contribution in [2.75, 3.05) is 7.05 Å². The van der Waals surface area contributed by atoms with E-state index in [0.717, 1.165) is 5.56 Å². The van der Waals surface area contributed by atoms with Crippen LogP contribution in [0.25, 0.3) is 6.08 Å². The second-order valence-electron chi connectivity index (χ2n) is 5.86. The molecule has 1 heterocycles. The van der Waals surface area contributed by atoms with E-state index >= 15 is 0 Å². The average molecular weight is 377 g/mol. The van der Waals surface area contributed by atoms with Gasteiger partial charge in [0.15, 0.2) is 5.17 Å². The van der Waals surface area contributed by atoms with E-state index < -0.39 is 5.97 Å². The van der Waals surface area contributed by atoms with Crippen molar-refractivity contribution in [3.05, 3.63) is 69.6 Å². The molecule has 1 aliphatic heterocycles. The normalized spacial score (nSPS) is 16.8. The number of benzene rings is 2. The molecule has 0 unspecified atom stereocenters. The first-order valence-corrected chi connectivity index (χ1v) is 8.81. The molecule has 0 spiro atoms. The lowest BCUT2D eigenvalue weighted by atomic mass is 10.1. The molecular formula is C20H15N3O3S. The Balaban J connectivity index is 1.93. The molecule has 2 aromatic rings. The number of amidine groups is 1. The molecule has 2 aromatic carbocycles. The standard InChI is InChI=1S/C20H15N3O3S/c1-12-15(19(25)26)4-3-5-16(12)22-20-23(2)18(24)17(27-20)10-13-6-8-14(11-21)9-7-13/h3-10H,1-2H3,(H,25,26)/b17-10-,22-20?. The van der Waals surface area contributed by atoms with Crippen LogP contribution in [-0.4, -0.2) is 34.1 Å². The number of amides is 1. The summed E-state index contributed by atoms with van der Waals surface area (Å²) in [6, 6.07) is 13.9. The zero-order valence-electron chi connectivity index (χ0n) is 14.6. The van der Waals surface area contributed by atoms with Crippen molar-refractivity contribution in [3.63, 3.8) is 0 Å². The largest absolute Gasteiger partial charge is 0.478 e. The molecule has 7 heteroatoms. The number of nitrogens with zero attached hydrogens (tertiary/aromatic N) is 3. The maximum Gasteiger partial charge on any atom is 0.336 e. The zero-order valence-corrected chi connectivity index (χ0v) is 15.4. The third-order valence-corrected chi connectivity index (χ3v) is 5.15. The molecule has 1 saturated heterocycles. The molecule has 0 radical (unpaired) electrons. The molecule has 3 rings (SSSR count). The molecule has 27 heavy (non-hydrogen) atoms.